The predicted octanol–water partition coefficient (Wildman–Crippen LogP) is 2.66. The molecular weight excluding hydrogens is 306 g/mol. The number of hydrogen-bond acceptors (Lipinski definition) is 5. The first-order valence-corrected chi connectivity index (χ1v) is 7.52. The van der Waals surface area contributed by atoms with Gasteiger partial charge in [-0.1, -0.05) is 5.16 Å². The van der Waals surface area contributed by atoms with E-state index in [1.807, 2.05) is 32.9 Å². The Morgan fingerprint density at radius 2 is 2.04 bits per heavy atom. The summed E-state index contributed by atoms with van der Waals surface area (Å²) in [5, 5.41) is 7.08. The van der Waals surface area contributed by atoms with Crippen LogP contribution in [0.15, 0.2) is 39.9 Å². The maximum atomic E-state index is 12.5. The Hall–Kier alpha value is -3.22. The van der Waals surface area contributed by atoms with Gasteiger partial charge >= 0.3 is 0 Å². The summed E-state index contributed by atoms with van der Waals surface area (Å²) in [6.07, 6.45) is 3.37. The van der Waals surface area contributed by atoms with Crippen LogP contribution in [0.2, 0.25) is 0 Å². The quantitative estimate of drug-likeness (QED) is 0.613. The Bertz CT molecular complexity index is 1090. The molecule has 7 nitrogen and oxygen atoms in total. The molecule has 0 amide bonds. The molecule has 0 bridgehead atoms. The zero-order chi connectivity index (χ0) is 16.8. The minimum atomic E-state index is -0.181. The maximum absolute atomic E-state index is 12.5. The van der Waals surface area contributed by atoms with Crippen LogP contribution in [0.3, 0.4) is 0 Å². The van der Waals surface area contributed by atoms with E-state index < -0.39 is 0 Å². The molecule has 7 heteroatoms. The van der Waals surface area contributed by atoms with E-state index in [2.05, 4.69) is 20.2 Å². The molecule has 4 aromatic rings. The third kappa shape index (κ3) is 2.05. The van der Waals surface area contributed by atoms with Gasteiger partial charge in [0, 0.05) is 29.7 Å². The number of hydrogen-bond donors (Lipinski definition) is 1. The van der Waals surface area contributed by atoms with Gasteiger partial charge < -0.3 is 4.52 Å². The summed E-state index contributed by atoms with van der Waals surface area (Å²) in [6, 6.07) is 5.19. The molecule has 0 unspecified atom stereocenters. The molecule has 4 aromatic heterocycles. The van der Waals surface area contributed by atoms with Gasteiger partial charge in [-0.25, -0.2) is 9.50 Å². The third-order valence-electron chi connectivity index (χ3n) is 4.04. The van der Waals surface area contributed by atoms with Crippen molar-refractivity contribution < 1.29 is 4.52 Å². The lowest BCUT2D eigenvalue weighted by Gasteiger charge is -2.03. The SMILES string of the molecule is Cc1noc(C)c1-c1c(C)[nH]n2c(=O)cc(-c3cccnc3)nc12. The average Bonchev–Trinajstić information content (AvgIpc) is 3.07. The van der Waals surface area contributed by atoms with E-state index >= 15 is 0 Å². The lowest BCUT2D eigenvalue weighted by molar-refractivity contribution is 0.393. The van der Waals surface area contributed by atoms with Crippen molar-refractivity contribution in [3.05, 3.63) is 58.1 Å². The zero-order valence-electron chi connectivity index (χ0n) is 13.5. The molecule has 0 aliphatic carbocycles. The largest absolute Gasteiger partial charge is 0.361 e. The fraction of sp³-hybridized carbons (Fsp3) is 0.176. The van der Waals surface area contributed by atoms with Gasteiger partial charge in [-0.3, -0.25) is 14.9 Å². The molecule has 4 heterocycles. The second kappa shape index (κ2) is 5.16. The van der Waals surface area contributed by atoms with E-state index in [1.54, 1.807) is 12.4 Å². The molecule has 24 heavy (non-hydrogen) atoms. The van der Waals surface area contributed by atoms with E-state index in [4.69, 9.17) is 4.52 Å². The van der Waals surface area contributed by atoms with Crippen molar-refractivity contribution in [3.8, 4) is 22.4 Å². The lowest BCUT2D eigenvalue weighted by atomic mass is 10.0. The number of nitrogens with zero attached hydrogens (tertiary/aromatic N) is 4. The predicted molar refractivity (Wildman–Crippen MR) is 88.8 cm³/mol. The van der Waals surface area contributed by atoms with Crippen molar-refractivity contribution in [1.29, 1.82) is 0 Å². The Kier molecular flexibility index (Phi) is 3.09. The standard InChI is InChI=1S/C17H15N5O2/c1-9-16(15-10(2)21-24-11(15)3)17-19-13(7-14(23)22(17)20-9)12-5-4-6-18-8-12/h4-8,20H,1-3H3. The van der Waals surface area contributed by atoms with Crippen molar-refractivity contribution in [3.63, 3.8) is 0 Å². The molecular formula is C17H15N5O2. The first-order valence-electron chi connectivity index (χ1n) is 7.52. The number of H-pyrrole nitrogens is 1. The van der Waals surface area contributed by atoms with E-state index in [9.17, 15) is 4.79 Å². The van der Waals surface area contributed by atoms with Crippen molar-refractivity contribution in [2.24, 2.45) is 0 Å². The molecule has 0 spiro atoms. The second-order valence-electron chi connectivity index (χ2n) is 5.69. The number of nitrogens with one attached hydrogen (secondary N) is 1. The number of rotatable bonds is 2. The minimum absolute atomic E-state index is 0.181. The Morgan fingerprint density at radius 1 is 1.21 bits per heavy atom. The summed E-state index contributed by atoms with van der Waals surface area (Å²) in [5.41, 5.74) is 5.03. The summed E-state index contributed by atoms with van der Waals surface area (Å²) < 4.78 is 6.72. The number of aromatic nitrogens is 5. The van der Waals surface area contributed by atoms with Crippen LogP contribution in [0, 0.1) is 20.8 Å². The zero-order valence-corrected chi connectivity index (χ0v) is 13.5. The van der Waals surface area contributed by atoms with E-state index in [0.717, 1.165) is 28.1 Å². The van der Waals surface area contributed by atoms with Gasteiger partial charge in [0.05, 0.1) is 22.5 Å². The van der Waals surface area contributed by atoms with Gasteiger partial charge in [-0.05, 0) is 32.9 Å². The van der Waals surface area contributed by atoms with Crippen molar-refractivity contribution in [2.45, 2.75) is 20.8 Å². The van der Waals surface area contributed by atoms with Gasteiger partial charge in [0.15, 0.2) is 5.65 Å². The van der Waals surface area contributed by atoms with E-state index in [0.29, 0.717) is 17.1 Å². The van der Waals surface area contributed by atoms with Crippen LogP contribution >= 0.6 is 0 Å². The molecule has 0 saturated heterocycles. The summed E-state index contributed by atoms with van der Waals surface area (Å²) in [4.78, 5) is 21.3. The number of pyridine rings is 1. The summed E-state index contributed by atoms with van der Waals surface area (Å²) in [5.74, 6) is 0.693. The highest BCUT2D eigenvalue weighted by atomic mass is 16.5. The molecule has 4 rings (SSSR count). The van der Waals surface area contributed by atoms with Crippen LogP contribution in [-0.4, -0.2) is 24.7 Å². The van der Waals surface area contributed by atoms with Crippen LogP contribution in [0.1, 0.15) is 17.1 Å². The molecule has 0 fully saturated rings. The number of aromatic amines is 1. The van der Waals surface area contributed by atoms with Gasteiger partial charge in [0.25, 0.3) is 5.56 Å². The topological polar surface area (TPSA) is 89.1 Å². The monoisotopic (exact) mass is 321 g/mol. The first kappa shape index (κ1) is 14.4. The van der Waals surface area contributed by atoms with E-state index in [-0.39, 0.29) is 5.56 Å². The molecule has 0 aromatic carbocycles. The summed E-state index contributed by atoms with van der Waals surface area (Å²) in [7, 11) is 0. The highest BCUT2D eigenvalue weighted by Gasteiger charge is 2.21. The fourth-order valence-electron chi connectivity index (χ4n) is 2.95. The molecule has 120 valence electrons. The highest BCUT2D eigenvalue weighted by Crippen LogP contribution is 2.32. The average molecular weight is 321 g/mol. The Balaban J connectivity index is 2.07. The summed E-state index contributed by atoms with van der Waals surface area (Å²) in [6.45, 7) is 5.62. The molecule has 1 N–H and O–H groups in total. The fourth-order valence-corrected chi connectivity index (χ4v) is 2.95. The van der Waals surface area contributed by atoms with Gasteiger partial charge in [-0.2, -0.15) is 0 Å². The van der Waals surface area contributed by atoms with E-state index in [1.165, 1.54) is 10.6 Å². The number of fused-ring (bicyclic) bond motifs is 1. The van der Waals surface area contributed by atoms with Crippen LogP contribution in [-0.2, 0) is 0 Å². The highest BCUT2D eigenvalue weighted by molar-refractivity contribution is 5.83. The smallest absolute Gasteiger partial charge is 0.273 e. The summed E-state index contributed by atoms with van der Waals surface area (Å²) >= 11 is 0. The Labute approximate surface area is 137 Å². The van der Waals surface area contributed by atoms with Crippen molar-refractivity contribution in [2.75, 3.05) is 0 Å². The molecule has 0 aliphatic heterocycles. The second-order valence-corrected chi connectivity index (χ2v) is 5.69. The third-order valence-corrected chi connectivity index (χ3v) is 4.04. The van der Waals surface area contributed by atoms with Crippen molar-refractivity contribution in [1.82, 2.24) is 24.7 Å². The minimum Gasteiger partial charge on any atom is -0.361 e. The lowest BCUT2D eigenvalue weighted by Crippen LogP contribution is -2.14. The molecule has 0 aliphatic rings. The molecule has 0 radical (unpaired) electrons. The van der Waals surface area contributed by atoms with Gasteiger partial charge in [-0.15, -0.1) is 0 Å². The molecule has 0 atom stereocenters. The Morgan fingerprint density at radius 3 is 2.71 bits per heavy atom. The normalized spacial score (nSPS) is 11.3. The van der Waals surface area contributed by atoms with Gasteiger partial charge in [0.1, 0.15) is 5.76 Å². The van der Waals surface area contributed by atoms with Crippen molar-refractivity contribution >= 4 is 5.65 Å². The number of aryl methyl sites for hydroxylation is 3. The molecule has 0 saturated carbocycles. The van der Waals surface area contributed by atoms with Crippen LogP contribution in [0.25, 0.3) is 28.0 Å². The van der Waals surface area contributed by atoms with Crippen LogP contribution in [0.4, 0.5) is 0 Å². The van der Waals surface area contributed by atoms with Gasteiger partial charge in [0.2, 0.25) is 0 Å². The first-order chi connectivity index (χ1) is 11.6. The van der Waals surface area contributed by atoms with Crippen LogP contribution < -0.4 is 5.56 Å². The van der Waals surface area contributed by atoms with Crippen LogP contribution in [0.5, 0.6) is 0 Å². The maximum Gasteiger partial charge on any atom is 0.273 e.